The van der Waals surface area contributed by atoms with E-state index in [1.165, 1.54) is 12.1 Å². The number of nitrogens with zero attached hydrogens (tertiary/aromatic N) is 2. The Labute approximate surface area is 399 Å². The van der Waals surface area contributed by atoms with Crippen LogP contribution in [-0.4, -0.2) is 131 Å². The molecule has 2 aromatic rings. The van der Waals surface area contributed by atoms with Crippen molar-refractivity contribution >= 4 is 59.4 Å². The predicted molar refractivity (Wildman–Crippen MR) is 240 cm³/mol. The molecular weight excluding hydrogens is 944 g/mol. The summed E-state index contributed by atoms with van der Waals surface area (Å²) < 4.78 is 66.7. The summed E-state index contributed by atoms with van der Waals surface area (Å²) in [5, 5.41) is 20.0. The van der Waals surface area contributed by atoms with Crippen LogP contribution in [-0.2, 0) is 48.3 Å². The van der Waals surface area contributed by atoms with Gasteiger partial charge in [0.1, 0.15) is 12.6 Å². The molecule has 0 saturated carbocycles. The van der Waals surface area contributed by atoms with Crippen LogP contribution in [0.25, 0.3) is 0 Å². The first kappa shape index (κ1) is 55.5. The molecule has 21 nitrogen and oxygen atoms in total. The summed E-state index contributed by atoms with van der Waals surface area (Å²) in [6.07, 6.45) is -0.405. The Balaban J connectivity index is 1.07. The van der Waals surface area contributed by atoms with Crippen LogP contribution < -0.4 is 38.2 Å². The minimum absolute atomic E-state index is 0.00532. The van der Waals surface area contributed by atoms with Gasteiger partial charge in [0.25, 0.3) is 11.8 Å². The minimum atomic E-state index is -4.76. The van der Waals surface area contributed by atoms with E-state index in [9.17, 15) is 41.9 Å². The number of carbonyl (C=O) groups is 6. The number of nitrogens with one attached hydrogen (secondary N) is 5. The maximum Gasteiger partial charge on any atom is 0.442 e. The van der Waals surface area contributed by atoms with E-state index in [1.54, 1.807) is 12.1 Å². The number of alkyl halides is 3. The van der Waals surface area contributed by atoms with E-state index in [4.69, 9.17) is 30.6 Å². The van der Waals surface area contributed by atoms with Crippen LogP contribution in [0.1, 0.15) is 77.6 Å². The Kier molecular flexibility index (Phi) is 24.3. The first-order chi connectivity index (χ1) is 32.7. The number of hydrogen-bond acceptors (Lipinski definition) is 17. The summed E-state index contributed by atoms with van der Waals surface area (Å²) in [7, 11) is 0. The Morgan fingerprint density at radius 2 is 1.40 bits per heavy atom. The van der Waals surface area contributed by atoms with Gasteiger partial charge in [0, 0.05) is 65.6 Å². The topological polar surface area (TPSA) is 295 Å². The molecule has 2 heterocycles. The molecule has 2 aromatic carbocycles. The molecule has 1 fully saturated rings. The number of nitrogens with two attached hydrogens (primary N) is 2. The quantitative estimate of drug-likeness (QED) is 0.0178. The SMILES string of the molecule is NOOSc1ccc(C(=O)NCCOC(=O)C[C@@H](NC(=O)c2ccc(C3(C(F)(F)F)N=N3)cc2)C(=O)NCCCOCCOCCOCCCNC(=O)CCCC[C@@H]2SCC[C@@H]2NC(N)=O)cc1. The van der Waals surface area contributed by atoms with Gasteiger partial charge in [0.2, 0.25) is 11.8 Å². The van der Waals surface area contributed by atoms with Crippen LogP contribution in [0.3, 0.4) is 0 Å². The standard InChI is InChI=1S/C42H58F3N9O12S2/c43-42(44,45)41(53-54-41)30-11-7-29(8-12-30)38(58)51-33(27-36(56)64-21-18-50-37(57)28-9-13-31(14-10-28)68-66-65-47)39(59)49-17-4-20-62-23-25-63-24-22-61-19-3-16-48-35(55)6-2-1-5-34-32(15-26-67-34)52-40(46)60/h7-14,32-34H,1-6,15-27,47H2,(H,48,55)(H,49,59)(H,50,57)(H,51,58)(H3,46,52,60)/t32-,33+,34-/m0/s1. The van der Waals surface area contributed by atoms with Crippen molar-refractivity contribution in [3.63, 3.8) is 0 Å². The Bertz CT molecular complexity index is 1950. The monoisotopic (exact) mass is 1000 g/mol. The van der Waals surface area contributed by atoms with E-state index in [0.29, 0.717) is 67.9 Å². The van der Waals surface area contributed by atoms with E-state index in [0.717, 1.165) is 67.7 Å². The zero-order chi connectivity index (χ0) is 49.2. The van der Waals surface area contributed by atoms with E-state index in [2.05, 4.69) is 46.1 Å². The largest absolute Gasteiger partial charge is 0.464 e. The average molecular weight is 1000 g/mol. The molecule has 3 atom stereocenters. The number of ether oxygens (including phenoxy) is 4. The number of esters is 1. The molecule has 0 aromatic heterocycles. The molecule has 9 N–H and O–H groups in total. The second-order valence-electron chi connectivity index (χ2n) is 15.2. The number of benzene rings is 2. The van der Waals surface area contributed by atoms with Crippen molar-refractivity contribution < 1.29 is 70.2 Å². The summed E-state index contributed by atoms with van der Waals surface area (Å²) in [6.45, 7) is 2.24. The molecule has 0 radical (unpaired) electrons. The molecule has 4 rings (SSSR count). The Morgan fingerprint density at radius 1 is 0.779 bits per heavy atom. The van der Waals surface area contributed by atoms with Crippen molar-refractivity contribution in [2.45, 2.75) is 85.4 Å². The Morgan fingerprint density at radius 3 is 2.01 bits per heavy atom. The molecule has 0 bridgehead atoms. The van der Waals surface area contributed by atoms with Crippen LogP contribution in [0.2, 0.25) is 0 Å². The number of carbonyl (C=O) groups excluding carboxylic acids is 6. The number of hydrogen-bond donors (Lipinski definition) is 7. The number of thioether (sulfide) groups is 1. The van der Waals surface area contributed by atoms with Gasteiger partial charge in [-0.05, 0) is 74.3 Å². The molecule has 376 valence electrons. The lowest BCUT2D eigenvalue weighted by Crippen LogP contribution is -2.48. The fourth-order valence-corrected chi connectivity index (χ4v) is 8.41. The third-order valence-electron chi connectivity index (χ3n) is 10.2. The summed E-state index contributed by atoms with van der Waals surface area (Å²) in [5.74, 6) is 2.87. The summed E-state index contributed by atoms with van der Waals surface area (Å²) in [6, 6.07) is 8.72. The second-order valence-corrected chi connectivity index (χ2v) is 17.3. The molecule has 2 aliphatic rings. The summed E-state index contributed by atoms with van der Waals surface area (Å²) in [5.41, 5.74) is 2.49. The lowest BCUT2D eigenvalue weighted by Gasteiger charge is -2.19. The van der Waals surface area contributed by atoms with E-state index in [-0.39, 0.29) is 56.0 Å². The first-order valence-corrected chi connectivity index (χ1v) is 23.6. The lowest BCUT2D eigenvalue weighted by atomic mass is 10.0. The molecule has 0 aliphatic carbocycles. The van der Waals surface area contributed by atoms with Crippen LogP contribution in [0, 0.1) is 0 Å². The van der Waals surface area contributed by atoms with E-state index in [1.807, 2.05) is 11.8 Å². The number of primary amides is 1. The minimum Gasteiger partial charge on any atom is -0.464 e. The fraction of sp³-hybridized carbons (Fsp3) is 0.571. The third kappa shape index (κ3) is 19.9. The average Bonchev–Trinajstić information content (AvgIpc) is 4.04. The van der Waals surface area contributed by atoms with Crippen molar-refractivity contribution in [2.75, 3.05) is 71.6 Å². The number of halogens is 3. The number of unbranched alkanes of at least 4 members (excludes halogenated alkanes) is 1. The van der Waals surface area contributed by atoms with Gasteiger partial charge in [-0.1, -0.05) is 18.6 Å². The molecule has 0 spiro atoms. The van der Waals surface area contributed by atoms with Crippen LogP contribution in [0.4, 0.5) is 18.0 Å². The molecule has 26 heteroatoms. The van der Waals surface area contributed by atoms with Gasteiger partial charge < -0.3 is 51.3 Å². The van der Waals surface area contributed by atoms with Crippen LogP contribution in [0.15, 0.2) is 63.7 Å². The van der Waals surface area contributed by atoms with Gasteiger partial charge in [-0.15, -0.1) is 19.6 Å². The zero-order valence-corrected chi connectivity index (χ0v) is 38.8. The van der Waals surface area contributed by atoms with Gasteiger partial charge >= 0.3 is 23.8 Å². The van der Waals surface area contributed by atoms with E-state index < -0.39 is 54.0 Å². The van der Waals surface area contributed by atoms with Crippen molar-refractivity contribution in [3.8, 4) is 0 Å². The summed E-state index contributed by atoms with van der Waals surface area (Å²) in [4.78, 5) is 79.6. The van der Waals surface area contributed by atoms with Gasteiger partial charge in [-0.2, -0.15) is 30.8 Å². The first-order valence-electron chi connectivity index (χ1n) is 21.8. The number of amides is 6. The normalized spacial score (nSPS) is 16.4. The molecule has 1 saturated heterocycles. The van der Waals surface area contributed by atoms with Crippen molar-refractivity contribution in [3.05, 3.63) is 65.2 Å². The highest BCUT2D eigenvalue weighted by Gasteiger charge is 2.65. The van der Waals surface area contributed by atoms with Gasteiger partial charge in [0.15, 0.2) is 0 Å². The Hall–Kier alpha value is -5.09. The molecule has 68 heavy (non-hydrogen) atoms. The van der Waals surface area contributed by atoms with Gasteiger partial charge in [-0.3, -0.25) is 24.0 Å². The van der Waals surface area contributed by atoms with Gasteiger partial charge in [0.05, 0.1) is 51.4 Å². The maximum absolute atomic E-state index is 13.5. The molecule has 2 aliphatic heterocycles. The van der Waals surface area contributed by atoms with E-state index >= 15 is 0 Å². The lowest BCUT2D eigenvalue weighted by molar-refractivity contribution is -0.195. The predicted octanol–water partition coefficient (Wildman–Crippen LogP) is 3.32. The smallest absolute Gasteiger partial charge is 0.442 e. The van der Waals surface area contributed by atoms with Crippen molar-refractivity contribution in [2.24, 2.45) is 21.9 Å². The van der Waals surface area contributed by atoms with Crippen molar-refractivity contribution in [1.29, 1.82) is 0 Å². The molecule has 0 unspecified atom stereocenters. The number of urea groups is 1. The fourth-order valence-electron chi connectivity index (χ4n) is 6.58. The van der Waals surface area contributed by atoms with Crippen LogP contribution >= 0.6 is 23.8 Å². The van der Waals surface area contributed by atoms with Crippen LogP contribution in [0.5, 0.6) is 0 Å². The highest BCUT2D eigenvalue weighted by molar-refractivity contribution is 8.00. The maximum atomic E-state index is 13.5. The second kappa shape index (κ2) is 29.7. The van der Waals surface area contributed by atoms with Crippen molar-refractivity contribution in [1.82, 2.24) is 26.6 Å². The highest BCUT2D eigenvalue weighted by atomic mass is 32.2. The molecular formula is C42H58F3N9O12S2. The number of rotatable bonds is 33. The zero-order valence-electron chi connectivity index (χ0n) is 37.2. The molecule has 6 amide bonds. The summed E-state index contributed by atoms with van der Waals surface area (Å²) >= 11 is 2.66. The van der Waals surface area contributed by atoms with Gasteiger partial charge in [-0.25, -0.2) is 4.79 Å². The highest BCUT2D eigenvalue weighted by Crippen LogP contribution is 2.52. The third-order valence-corrected chi connectivity index (χ3v) is 12.2.